The van der Waals surface area contributed by atoms with Crippen LogP contribution in [-0.4, -0.2) is 23.9 Å². The number of likely N-dealkylation sites (tertiary alicyclic amines) is 1. The van der Waals surface area contributed by atoms with Gasteiger partial charge in [-0.2, -0.15) is 0 Å². The number of piperidine rings is 1. The van der Waals surface area contributed by atoms with Crippen molar-refractivity contribution in [1.29, 1.82) is 0 Å². The van der Waals surface area contributed by atoms with Crippen LogP contribution in [0.4, 0.5) is 0 Å². The van der Waals surface area contributed by atoms with E-state index in [1.54, 1.807) is 0 Å². The third-order valence-electron chi connectivity index (χ3n) is 6.78. The number of fused-ring (bicyclic) bond motifs is 1. The summed E-state index contributed by atoms with van der Waals surface area (Å²) in [6.45, 7) is 1.94. The van der Waals surface area contributed by atoms with E-state index in [0.717, 1.165) is 19.5 Å². The predicted molar refractivity (Wildman–Crippen MR) is 95.7 cm³/mol. The minimum Gasteiger partial charge on any atom is -0.342 e. The highest BCUT2D eigenvalue weighted by Gasteiger charge is 2.52. The minimum atomic E-state index is 0.181. The summed E-state index contributed by atoms with van der Waals surface area (Å²) in [6.07, 6.45) is 13.8. The first-order chi connectivity index (χ1) is 11.8. The first-order valence-electron chi connectivity index (χ1n) is 9.57. The van der Waals surface area contributed by atoms with Crippen LogP contribution in [0.5, 0.6) is 0 Å². The van der Waals surface area contributed by atoms with Gasteiger partial charge in [-0.1, -0.05) is 48.6 Å². The Hall–Kier alpha value is -1.83. The van der Waals surface area contributed by atoms with Crippen LogP contribution in [0.1, 0.15) is 48.6 Å². The van der Waals surface area contributed by atoms with Gasteiger partial charge in [-0.25, -0.2) is 0 Å². The first kappa shape index (κ1) is 14.5. The molecule has 2 fully saturated rings. The summed E-state index contributed by atoms with van der Waals surface area (Å²) >= 11 is 0. The lowest BCUT2D eigenvalue weighted by molar-refractivity contribution is -0.139. The summed E-state index contributed by atoms with van der Waals surface area (Å²) < 4.78 is 0. The van der Waals surface area contributed by atoms with Crippen LogP contribution in [0, 0.1) is 17.8 Å². The van der Waals surface area contributed by atoms with E-state index in [1.165, 1.54) is 30.4 Å². The molecule has 0 aromatic heterocycles. The zero-order valence-corrected chi connectivity index (χ0v) is 14.1. The molecule has 1 saturated heterocycles. The zero-order chi connectivity index (χ0) is 16.1. The van der Waals surface area contributed by atoms with Crippen LogP contribution in [0.25, 0.3) is 0 Å². The first-order valence-corrected chi connectivity index (χ1v) is 9.57. The molecule has 1 aromatic rings. The van der Waals surface area contributed by atoms with Gasteiger partial charge in [-0.3, -0.25) is 4.79 Å². The summed E-state index contributed by atoms with van der Waals surface area (Å²) in [5, 5.41) is 0. The number of amides is 1. The molecule has 2 nitrogen and oxygen atoms in total. The molecule has 0 radical (unpaired) electrons. The molecular formula is C22H25NO. The Bertz CT molecular complexity index is 712. The zero-order valence-electron chi connectivity index (χ0n) is 14.1. The van der Waals surface area contributed by atoms with Crippen molar-refractivity contribution in [1.82, 2.24) is 4.90 Å². The van der Waals surface area contributed by atoms with Crippen LogP contribution in [0.2, 0.25) is 0 Å². The maximum atomic E-state index is 13.3. The lowest BCUT2D eigenvalue weighted by Crippen LogP contribution is -2.50. The van der Waals surface area contributed by atoms with E-state index in [9.17, 15) is 4.79 Å². The van der Waals surface area contributed by atoms with Gasteiger partial charge in [0.1, 0.15) is 0 Å². The smallest absolute Gasteiger partial charge is 0.226 e. The molecule has 1 heterocycles. The lowest BCUT2D eigenvalue weighted by Gasteiger charge is -2.53. The summed E-state index contributed by atoms with van der Waals surface area (Å²) in [5.74, 6) is 2.58. The molecule has 5 aliphatic rings. The number of carbonyl (C=O) groups excluding carboxylic acids is 1. The number of hydrogen-bond donors (Lipinski definition) is 0. The standard InChI is InChI=1S/C22H25NO/c24-22(23-12-6-1-7-13-23)20-14-19-15-8-2-4-10-17(15)21(20)18-11-5-3-9-16(18)19/h2-5,8-11,15,17,19-21H,1,6-7,12-14H2/t15-,17-,19-,20-,21+/m0/s1. The molecule has 1 aromatic carbocycles. The molecule has 124 valence electrons. The maximum absolute atomic E-state index is 13.3. The van der Waals surface area contributed by atoms with Crippen molar-refractivity contribution in [3.05, 3.63) is 59.7 Å². The van der Waals surface area contributed by atoms with Crippen molar-refractivity contribution in [3.8, 4) is 0 Å². The second kappa shape index (κ2) is 5.61. The molecule has 5 atom stereocenters. The molecule has 0 spiro atoms. The third-order valence-corrected chi connectivity index (χ3v) is 6.78. The fraction of sp³-hybridized carbons (Fsp3) is 0.500. The number of rotatable bonds is 1. The van der Waals surface area contributed by atoms with Crippen molar-refractivity contribution in [3.63, 3.8) is 0 Å². The Morgan fingerprint density at radius 3 is 2.42 bits per heavy atom. The SMILES string of the molecule is O=C([C@H]1C[C@@H]2c3ccccc3[C@H]1[C@H]1C=CC=C[C@@H]12)N1CCCCC1. The molecule has 24 heavy (non-hydrogen) atoms. The summed E-state index contributed by atoms with van der Waals surface area (Å²) in [4.78, 5) is 15.5. The molecule has 0 unspecified atom stereocenters. The van der Waals surface area contributed by atoms with Gasteiger partial charge in [-0.15, -0.1) is 0 Å². The van der Waals surface area contributed by atoms with Crippen molar-refractivity contribution >= 4 is 5.91 Å². The van der Waals surface area contributed by atoms with Gasteiger partial charge in [0, 0.05) is 24.9 Å². The van der Waals surface area contributed by atoms with Gasteiger partial charge < -0.3 is 4.90 Å². The second-order valence-electron chi connectivity index (χ2n) is 7.91. The molecule has 1 aliphatic heterocycles. The second-order valence-corrected chi connectivity index (χ2v) is 7.91. The number of benzene rings is 1. The Kier molecular flexibility index (Phi) is 3.39. The van der Waals surface area contributed by atoms with Crippen molar-refractivity contribution in [2.24, 2.45) is 17.8 Å². The van der Waals surface area contributed by atoms with Crippen LogP contribution >= 0.6 is 0 Å². The van der Waals surface area contributed by atoms with Crippen LogP contribution in [0.3, 0.4) is 0 Å². The molecule has 2 bridgehead atoms. The predicted octanol–water partition coefficient (Wildman–Crippen LogP) is 4.26. The summed E-state index contributed by atoms with van der Waals surface area (Å²) in [5.41, 5.74) is 2.96. The highest BCUT2D eigenvalue weighted by atomic mass is 16.2. The molecule has 2 heteroatoms. The Morgan fingerprint density at radius 1 is 0.917 bits per heavy atom. The highest BCUT2D eigenvalue weighted by Crippen LogP contribution is 2.59. The highest BCUT2D eigenvalue weighted by molar-refractivity contribution is 5.81. The van der Waals surface area contributed by atoms with Crippen LogP contribution in [0.15, 0.2) is 48.6 Å². The van der Waals surface area contributed by atoms with Gasteiger partial charge in [0.05, 0.1) is 0 Å². The van der Waals surface area contributed by atoms with E-state index in [-0.39, 0.29) is 5.92 Å². The molecule has 1 amide bonds. The van der Waals surface area contributed by atoms with E-state index >= 15 is 0 Å². The van der Waals surface area contributed by atoms with Gasteiger partial charge in [0.15, 0.2) is 0 Å². The van der Waals surface area contributed by atoms with Gasteiger partial charge in [0.25, 0.3) is 0 Å². The number of allylic oxidation sites excluding steroid dienone is 4. The molecule has 0 N–H and O–H groups in total. The average Bonchev–Trinajstić information content (AvgIpc) is 2.68. The number of nitrogens with zero attached hydrogens (tertiary/aromatic N) is 1. The van der Waals surface area contributed by atoms with Crippen LogP contribution < -0.4 is 0 Å². The minimum absolute atomic E-state index is 0.181. The van der Waals surface area contributed by atoms with Crippen molar-refractivity contribution in [2.75, 3.05) is 13.1 Å². The van der Waals surface area contributed by atoms with E-state index in [1.807, 2.05) is 0 Å². The molecular weight excluding hydrogens is 294 g/mol. The Labute approximate surface area is 144 Å². The summed E-state index contributed by atoms with van der Waals surface area (Å²) in [7, 11) is 0. The molecule has 6 rings (SSSR count). The largest absolute Gasteiger partial charge is 0.342 e. The van der Waals surface area contributed by atoms with Crippen molar-refractivity contribution < 1.29 is 4.79 Å². The fourth-order valence-corrected chi connectivity index (χ4v) is 5.76. The summed E-state index contributed by atoms with van der Waals surface area (Å²) in [6, 6.07) is 8.90. The fourth-order valence-electron chi connectivity index (χ4n) is 5.76. The molecule has 4 aliphatic carbocycles. The van der Waals surface area contributed by atoms with E-state index in [4.69, 9.17) is 0 Å². The quantitative estimate of drug-likeness (QED) is 0.757. The Balaban J connectivity index is 1.54. The monoisotopic (exact) mass is 319 g/mol. The van der Waals surface area contributed by atoms with Crippen molar-refractivity contribution in [2.45, 2.75) is 37.5 Å². The molecule has 1 saturated carbocycles. The lowest BCUT2D eigenvalue weighted by atomic mass is 9.51. The van der Waals surface area contributed by atoms with Gasteiger partial charge >= 0.3 is 0 Å². The van der Waals surface area contributed by atoms with E-state index in [2.05, 4.69) is 53.5 Å². The number of carbonyl (C=O) groups is 1. The van der Waals surface area contributed by atoms with E-state index < -0.39 is 0 Å². The van der Waals surface area contributed by atoms with Crippen LogP contribution in [-0.2, 0) is 4.79 Å². The third kappa shape index (κ3) is 2.05. The Morgan fingerprint density at radius 2 is 1.62 bits per heavy atom. The van der Waals surface area contributed by atoms with Gasteiger partial charge in [0.2, 0.25) is 5.91 Å². The topological polar surface area (TPSA) is 20.3 Å². The normalized spacial score (nSPS) is 36.3. The maximum Gasteiger partial charge on any atom is 0.226 e. The van der Waals surface area contributed by atoms with Gasteiger partial charge in [-0.05, 0) is 54.6 Å². The van der Waals surface area contributed by atoms with E-state index in [0.29, 0.717) is 29.6 Å². The average molecular weight is 319 g/mol. The number of hydrogen-bond acceptors (Lipinski definition) is 1.